The zero-order valence-corrected chi connectivity index (χ0v) is 13.9. The number of phenols is 1. The van der Waals surface area contributed by atoms with E-state index in [1.165, 1.54) is 6.07 Å². The summed E-state index contributed by atoms with van der Waals surface area (Å²) in [5, 5.41) is 9.76. The molecule has 5 nitrogen and oxygen atoms in total. The number of benzene rings is 3. The first kappa shape index (κ1) is 16.5. The summed E-state index contributed by atoms with van der Waals surface area (Å²) in [4.78, 5) is 0. The van der Waals surface area contributed by atoms with Crippen LogP contribution in [0.3, 0.4) is 0 Å². The van der Waals surface area contributed by atoms with Crippen molar-refractivity contribution in [2.45, 2.75) is 0 Å². The van der Waals surface area contributed by atoms with Crippen LogP contribution in [0, 0.1) is 0 Å². The number of ether oxygens (including phenoxy) is 4. The Morgan fingerprint density at radius 1 is 0.560 bits per heavy atom. The Morgan fingerprint density at radius 3 is 1.48 bits per heavy atom. The van der Waals surface area contributed by atoms with Crippen LogP contribution in [0.25, 0.3) is 0 Å². The Balaban J connectivity index is 1.83. The first-order chi connectivity index (χ1) is 12.2. The average molecular weight is 338 g/mol. The van der Waals surface area contributed by atoms with E-state index in [1.54, 1.807) is 74.9 Å². The van der Waals surface area contributed by atoms with Gasteiger partial charge in [-0.25, -0.2) is 0 Å². The Labute approximate surface area is 146 Å². The summed E-state index contributed by atoms with van der Waals surface area (Å²) >= 11 is 0. The molecule has 0 atom stereocenters. The van der Waals surface area contributed by atoms with Crippen molar-refractivity contribution in [1.29, 1.82) is 0 Å². The summed E-state index contributed by atoms with van der Waals surface area (Å²) in [6, 6.07) is 19.0. The second-order valence-corrected chi connectivity index (χ2v) is 5.19. The predicted molar refractivity (Wildman–Crippen MR) is 94.2 cm³/mol. The van der Waals surface area contributed by atoms with Gasteiger partial charge in [-0.05, 0) is 60.7 Å². The minimum atomic E-state index is 0.0885. The van der Waals surface area contributed by atoms with Gasteiger partial charge in [0.2, 0.25) is 0 Å². The monoisotopic (exact) mass is 338 g/mol. The molecule has 25 heavy (non-hydrogen) atoms. The molecule has 0 saturated heterocycles. The van der Waals surface area contributed by atoms with Crippen LogP contribution < -0.4 is 18.9 Å². The highest BCUT2D eigenvalue weighted by Gasteiger charge is 2.10. The molecule has 0 spiro atoms. The first-order valence-corrected chi connectivity index (χ1v) is 7.65. The molecule has 0 amide bonds. The highest BCUT2D eigenvalue weighted by molar-refractivity contribution is 5.49. The van der Waals surface area contributed by atoms with Gasteiger partial charge in [0.1, 0.15) is 28.7 Å². The SMILES string of the molecule is COc1ccc(Oc2ccc(O)cc2Oc2ccc(OC)cc2)cc1. The van der Waals surface area contributed by atoms with Gasteiger partial charge in [-0.2, -0.15) is 0 Å². The molecule has 5 heteroatoms. The fourth-order valence-corrected chi connectivity index (χ4v) is 2.20. The molecule has 3 rings (SSSR count). The smallest absolute Gasteiger partial charge is 0.173 e. The lowest BCUT2D eigenvalue weighted by molar-refractivity contribution is 0.401. The molecule has 3 aromatic rings. The van der Waals surface area contributed by atoms with Crippen molar-refractivity contribution < 1.29 is 24.1 Å². The van der Waals surface area contributed by atoms with Crippen LogP contribution in [-0.4, -0.2) is 19.3 Å². The van der Waals surface area contributed by atoms with Gasteiger partial charge in [0, 0.05) is 6.07 Å². The molecule has 0 aliphatic rings. The van der Waals surface area contributed by atoms with Gasteiger partial charge in [-0.15, -0.1) is 0 Å². The van der Waals surface area contributed by atoms with Gasteiger partial charge in [0.25, 0.3) is 0 Å². The molecule has 3 aromatic carbocycles. The van der Waals surface area contributed by atoms with E-state index in [2.05, 4.69) is 0 Å². The van der Waals surface area contributed by atoms with E-state index in [0.717, 1.165) is 11.5 Å². The van der Waals surface area contributed by atoms with Crippen LogP contribution >= 0.6 is 0 Å². The normalized spacial score (nSPS) is 10.2. The van der Waals surface area contributed by atoms with Gasteiger partial charge in [-0.1, -0.05) is 0 Å². The average Bonchev–Trinajstić information content (AvgIpc) is 2.65. The summed E-state index contributed by atoms with van der Waals surface area (Å²) < 4.78 is 22.0. The van der Waals surface area contributed by atoms with Gasteiger partial charge in [0.15, 0.2) is 11.5 Å². The number of rotatable bonds is 6. The molecular weight excluding hydrogens is 320 g/mol. The second-order valence-electron chi connectivity index (χ2n) is 5.19. The van der Waals surface area contributed by atoms with E-state index in [-0.39, 0.29) is 5.75 Å². The fraction of sp³-hybridized carbons (Fsp3) is 0.100. The quantitative estimate of drug-likeness (QED) is 0.686. The largest absolute Gasteiger partial charge is 0.508 e. The van der Waals surface area contributed by atoms with Crippen molar-refractivity contribution >= 4 is 0 Å². The Hall–Kier alpha value is -3.34. The Bertz CT molecular complexity index is 826. The van der Waals surface area contributed by atoms with Gasteiger partial charge in [0.05, 0.1) is 14.2 Å². The number of phenolic OH excluding ortho intramolecular Hbond substituents is 1. The minimum absolute atomic E-state index is 0.0885. The molecule has 0 radical (unpaired) electrons. The minimum Gasteiger partial charge on any atom is -0.508 e. The molecule has 0 heterocycles. The van der Waals surface area contributed by atoms with Gasteiger partial charge in [-0.3, -0.25) is 0 Å². The third kappa shape index (κ3) is 4.14. The fourth-order valence-electron chi connectivity index (χ4n) is 2.20. The van der Waals surface area contributed by atoms with Crippen LogP contribution in [0.4, 0.5) is 0 Å². The summed E-state index contributed by atoms with van der Waals surface area (Å²) in [5.41, 5.74) is 0. The topological polar surface area (TPSA) is 57.2 Å². The van der Waals surface area contributed by atoms with E-state index in [4.69, 9.17) is 18.9 Å². The molecule has 0 unspecified atom stereocenters. The van der Waals surface area contributed by atoms with E-state index in [9.17, 15) is 5.11 Å². The number of methoxy groups -OCH3 is 2. The second kappa shape index (κ2) is 7.49. The predicted octanol–water partition coefficient (Wildman–Crippen LogP) is 4.99. The van der Waals surface area contributed by atoms with Crippen molar-refractivity contribution in [2.75, 3.05) is 14.2 Å². The number of hydrogen-bond acceptors (Lipinski definition) is 5. The zero-order valence-electron chi connectivity index (χ0n) is 13.9. The van der Waals surface area contributed by atoms with Crippen molar-refractivity contribution in [1.82, 2.24) is 0 Å². The molecule has 0 fully saturated rings. The molecule has 0 bridgehead atoms. The standard InChI is InChI=1S/C20H18O5/c1-22-15-4-8-17(9-5-15)24-19-12-3-14(21)13-20(19)25-18-10-6-16(23-2)7-11-18/h3-13,21H,1-2H3. The third-order valence-corrected chi connectivity index (χ3v) is 3.50. The van der Waals surface area contributed by atoms with Crippen molar-refractivity contribution in [2.24, 2.45) is 0 Å². The van der Waals surface area contributed by atoms with E-state index in [1.807, 2.05) is 0 Å². The summed E-state index contributed by atoms with van der Waals surface area (Å²) in [6.45, 7) is 0. The number of hydrogen-bond donors (Lipinski definition) is 1. The summed E-state index contributed by atoms with van der Waals surface area (Å²) in [5.74, 6) is 3.69. The molecule has 1 N–H and O–H groups in total. The summed E-state index contributed by atoms with van der Waals surface area (Å²) in [6.07, 6.45) is 0. The molecular formula is C20H18O5. The first-order valence-electron chi connectivity index (χ1n) is 7.65. The molecule has 0 saturated carbocycles. The van der Waals surface area contributed by atoms with E-state index >= 15 is 0 Å². The lowest BCUT2D eigenvalue weighted by Crippen LogP contribution is -1.91. The zero-order chi connectivity index (χ0) is 17.6. The molecule has 128 valence electrons. The van der Waals surface area contributed by atoms with Crippen molar-refractivity contribution in [3.8, 4) is 40.2 Å². The maximum absolute atomic E-state index is 9.76. The lowest BCUT2D eigenvalue weighted by Gasteiger charge is -2.13. The molecule has 0 aliphatic carbocycles. The van der Waals surface area contributed by atoms with Crippen molar-refractivity contribution in [3.63, 3.8) is 0 Å². The Kier molecular flexibility index (Phi) is 4.95. The van der Waals surface area contributed by atoms with Gasteiger partial charge >= 0.3 is 0 Å². The third-order valence-electron chi connectivity index (χ3n) is 3.50. The molecule has 0 aromatic heterocycles. The maximum Gasteiger partial charge on any atom is 0.173 e. The van der Waals surface area contributed by atoms with Crippen LogP contribution in [0.2, 0.25) is 0 Å². The van der Waals surface area contributed by atoms with Gasteiger partial charge < -0.3 is 24.1 Å². The van der Waals surface area contributed by atoms with Crippen LogP contribution in [0.1, 0.15) is 0 Å². The van der Waals surface area contributed by atoms with E-state index in [0.29, 0.717) is 23.0 Å². The van der Waals surface area contributed by atoms with Crippen LogP contribution in [-0.2, 0) is 0 Å². The maximum atomic E-state index is 9.76. The lowest BCUT2D eigenvalue weighted by atomic mass is 10.2. The highest BCUT2D eigenvalue weighted by atomic mass is 16.5. The Morgan fingerprint density at radius 2 is 1.00 bits per heavy atom. The highest BCUT2D eigenvalue weighted by Crippen LogP contribution is 2.37. The van der Waals surface area contributed by atoms with Crippen molar-refractivity contribution in [3.05, 3.63) is 66.7 Å². The molecule has 0 aliphatic heterocycles. The number of aromatic hydroxyl groups is 1. The summed E-state index contributed by atoms with van der Waals surface area (Å²) in [7, 11) is 3.21. The van der Waals surface area contributed by atoms with Crippen LogP contribution in [0.5, 0.6) is 40.2 Å². The van der Waals surface area contributed by atoms with E-state index < -0.39 is 0 Å². The van der Waals surface area contributed by atoms with Crippen LogP contribution in [0.15, 0.2) is 66.7 Å².